The molecule has 1 aliphatic rings. The number of aromatic nitrogens is 2. The van der Waals surface area contributed by atoms with Crippen molar-refractivity contribution in [2.45, 2.75) is 70.1 Å². The number of rotatable bonds is 11. The number of fused-ring (bicyclic) bond motifs is 1. The van der Waals surface area contributed by atoms with E-state index >= 15 is 0 Å². The largest absolute Gasteiger partial charge is 0.484 e. The van der Waals surface area contributed by atoms with Gasteiger partial charge in [0.15, 0.2) is 6.61 Å². The summed E-state index contributed by atoms with van der Waals surface area (Å²) in [6.45, 7) is 2.48. The predicted molar refractivity (Wildman–Crippen MR) is 106 cm³/mol. The van der Waals surface area contributed by atoms with Crippen LogP contribution in [0, 0.1) is 0 Å². The van der Waals surface area contributed by atoms with E-state index in [2.05, 4.69) is 22.4 Å². The molecule has 6 nitrogen and oxygen atoms in total. The third-order valence-electron chi connectivity index (χ3n) is 4.51. The van der Waals surface area contributed by atoms with Gasteiger partial charge in [-0.2, -0.15) is 0 Å². The van der Waals surface area contributed by atoms with Crippen LogP contribution in [-0.2, 0) is 17.8 Å². The highest BCUT2D eigenvalue weighted by atomic mass is 32.2. The number of benzene rings is 1. The first-order chi connectivity index (χ1) is 13.2. The normalized spacial score (nSPS) is 13.3. The number of anilines is 1. The van der Waals surface area contributed by atoms with Crippen LogP contribution in [0.5, 0.6) is 5.75 Å². The van der Waals surface area contributed by atoms with Gasteiger partial charge in [-0.3, -0.25) is 4.79 Å². The summed E-state index contributed by atoms with van der Waals surface area (Å²) in [6.07, 6.45) is 8.93. The van der Waals surface area contributed by atoms with E-state index in [1.807, 2.05) is 18.2 Å². The Labute approximate surface area is 164 Å². The van der Waals surface area contributed by atoms with Crippen LogP contribution in [0.2, 0.25) is 0 Å². The van der Waals surface area contributed by atoms with Gasteiger partial charge in [0.2, 0.25) is 5.91 Å². The molecule has 0 unspecified atom stereocenters. The van der Waals surface area contributed by atoms with Gasteiger partial charge in [-0.1, -0.05) is 50.8 Å². The highest BCUT2D eigenvalue weighted by Gasteiger charge is 2.15. The zero-order valence-corrected chi connectivity index (χ0v) is 16.6. The Morgan fingerprint density at radius 1 is 1.15 bits per heavy atom. The van der Waals surface area contributed by atoms with Gasteiger partial charge < -0.3 is 14.5 Å². The average Bonchev–Trinajstić information content (AvgIpc) is 3.13. The summed E-state index contributed by atoms with van der Waals surface area (Å²) in [6, 6.07) is 5.67. The second-order valence-corrected chi connectivity index (χ2v) is 7.78. The number of unbranched alkanes of at least 4 members (excludes halogenated alkanes) is 5. The van der Waals surface area contributed by atoms with E-state index in [-0.39, 0.29) is 12.5 Å². The van der Waals surface area contributed by atoms with Gasteiger partial charge in [-0.25, -0.2) is 0 Å². The second-order valence-electron chi connectivity index (χ2n) is 6.73. The summed E-state index contributed by atoms with van der Waals surface area (Å²) in [4.78, 5) is 11.4. The first kappa shape index (κ1) is 19.7. The van der Waals surface area contributed by atoms with Crippen LogP contribution in [0.1, 0.15) is 63.3 Å². The van der Waals surface area contributed by atoms with Crippen LogP contribution in [-0.4, -0.2) is 21.9 Å². The van der Waals surface area contributed by atoms with Gasteiger partial charge in [-0.15, -0.1) is 10.2 Å². The number of carbonyl (C=O) groups excluding carboxylic acids is 1. The molecule has 0 radical (unpaired) electrons. The molecule has 27 heavy (non-hydrogen) atoms. The van der Waals surface area contributed by atoms with Crippen molar-refractivity contribution >= 4 is 23.4 Å². The average molecular weight is 390 g/mol. The molecule has 7 heteroatoms. The van der Waals surface area contributed by atoms with Crippen molar-refractivity contribution in [1.82, 2.24) is 10.2 Å². The van der Waals surface area contributed by atoms with Crippen LogP contribution in [0.4, 0.5) is 5.69 Å². The Bertz CT molecular complexity index is 748. The molecule has 0 spiro atoms. The maximum Gasteiger partial charge on any atom is 0.276 e. The molecule has 0 saturated heterocycles. The molecule has 1 aromatic carbocycles. The molecule has 2 heterocycles. The maximum absolute atomic E-state index is 11.4. The standard InChI is InChI=1S/C20H27N3O3S/c1-2-3-4-5-6-7-12-27-20-23-22-19(26-20)14-25-16-9-10-17-15(13-16)8-11-18(24)21-17/h9-10,13H,2-8,11-12,14H2,1H3,(H,21,24). The van der Waals surface area contributed by atoms with E-state index < -0.39 is 0 Å². The van der Waals surface area contributed by atoms with Gasteiger partial charge >= 0.3 is 0 Å². The lowest BCUT2D eigenvalue weighted by molar-refractivity contribution is -0.116. The first-order valence-corrected chi connectivity index (χ1v) is 10.7. The van der Waals surface area contributed by atoms with Crippen LogP contribution in [0.15, 0.2) is 27.8 Å². The van der Waals surface area contributed by atoms with E-state index in [4.69, 9.17) is 9.15 Å². The molecular weight excluding hydrogens is 362 g/mol. The topological polar surface area (TPSA) is 77.2 Å². The summed E-state index contributed by atoms with van der Waals surface area (Å²) < 4.78 is 11.4. The summed E-state index contributed by atoms with van der Waals surface area (Å²) in [7, 11) is 0. The Kier molecular flexibility index (Phi) is 7.56. The van der Waals surface area contributed by atoms with Gasteiger partial charge in [-0.05, 0) is 36.6 Å². The van der Waals surface area contributed by atoms with Gasteiger partial charge in [0.05, 0.1) is 0 Å². The number of nitrogens with one attached hydrogen (secondary N) is 1. The quantitative estimate of drug-likeness (QED) is 0.431. The van der Waals surface area contributed by atoms with Crippen molar-refractivity contribution in [3.05, 3.63) is 29.7 Å². The van der Waals surface area contributed by atoms with Crippen molar-refractivity contribution in [2.75, 3.05) is 11.1 Å². The summed E-state index contributed by atoms with van der Waals surface area (Å²) in [5.41, 5.74) is 1.96. The molecule has 2 aromatic rings. The fraction of sp³-hybridized carbons (Fsp3) is 0.550. The molecule has 0 aliphatic carbocycles. The Hall–Kier alpha value is -2.02. The summed E-state index contributed by atoms with van der Waals surface area (Å²) in [5.74, 6) is 2.29. The fourth-order valence-corrected chi connectivity index (χ4v) is 3.77. The maximum atomic E-state index is 11.4. The Morgan fingerprint density at radius 3 is 2.89 bits per heavy atom. The summed E-state index contributed by atoms with van der Waals surface area (Å²) >= 11 is 1.61. The lowest BCUT2D eigenvalue weighted by atomic mass is 10.0. The highest BCUT2D eigenvalue weighted by molar-refractivity contribution is 7.99. The molecule has 0 saturated carbocycles. The first-order valence-electron chi connectivity index (χ1n) is 9.75. The third-order valence-corrected chi connectivity index (χ3v) is 5.41. The highest BCUT2D eigenvalue weighted by Crippen LogP contribution is 2.27. The number of hydrogen-bond acceptors (Lipinski definition) is 6. The van der Waals surface area contributed by atoms with E-state index in [0.717, 1.165) is 29.2 Å². The minimum absolute atomic E-state index is 0.0630. The van der Waals surface area contributed by atoms with E-state index in [1.165, 1.54) is 38.5 Å². The zero-order valence-electron chi connectivity index (χ0n) is 15.8. The molecule has 0 fully saturated rings. The van der Waals surface area contributed by atoms with E-state index in [9.17, 15) is 4.79 Å². The SMILES string of the molecule is CCCCCCCCSc1nnc(COc2ccc3c(c2)CCC(=O)N3)o1. The van der Waals surface area contributed by atoms with Crippen molar-refractivity contribution in [2.24, 2.45) is 0 Å². The molecule has 3 rings (SSSR count). The second kappa shape index (κ2) is 10.3. The number of hydrogen-bond donors (Lipinski definition) is 1. The molecule has 0 atom stereocenters. The van der Waals surface area contributed by atoms with Crippen LogP contribution in [0.3, 0.4) is 0 Å². The number of ether oxygens (including phenoxy) is 1. The van der Waals surface area contributed by atoms with E-state index in [0.29, 0.717) is 17.5 Å². The van der Waals surface area contributed by atoms with Crippen molar-refractivity contribution in [3.8, 4) is 5.75 Å². The van der Waals surface area contributed by atoms with Crippen LogP contribution >= 0.6 is 11.8 Å². The predicted octanol–water partition coefficient (Wildman–Crippen LogP) is 4.99. The smallest absolute Gasteiger partial charge is 0.276 e. The van der Waals surface area contributed by atoms with Gasteiger partial charge in [0.25, 0.3) is 11.1 Å². The zero-order chi connectivity index (χ0) is 18.9. The molecule has 146 valence electrons. The van der Waals surface area contributed by atoms with Crippen LogP contribution < -0.4 is 10.1 Å². The summed E-state index contributed by atoms with van der Waals surface area (Å²) in [5, 5.41) is 11.6. The number of amides is 1. The number of thioether (sulfide) groups is 1. The number of carbonyl (C=O) groups is 1. The number of aryl methyl sites for hydroxylation is 1. The molecule has 1 aromatic heterocycles. The minimum Gasteiger partial charge on any atom is -0.484 e. The molecule has 1 amide bonds. The Morgan fingerprint density at radius 2 is 2.00 bits per heavy atom. The molecule has 1 N–H and O–H groups in total. The molecule has 1 aliphatic heterocycles. The molecule has 0 bridgehead atoms. The third kappa shape index (κ3) is 6.27. The number of nitrogens with zero attached hydrogens (tertiary/aromatic N) is 2. The van der Waals surface area contributed by atoms with Crippen molar-refractivity contribution < 1.29 is 13.9 Å². The lowest BCUT2D eigenvalue weighted by Gasteiger charge is -2.17. The molecular formula is C20H27N3O3S. The van der Waals surface area contributed by atoms with Crippen molar-refractivity contribution in [1.29, 1.82) is 0 Å². The monoisotopic (exact) mass is 389 g/mol. The fourth-order valence-electron chi connectivity index (χ4n) is 2.99. The minimum atomic E-state index is 0.0630. The van der Waals surface area contributed by atoms with Gasteiger partial charge in [0.1, 0.15) is 5.75 Å². The van der Waals surface area contributed by atoms with E-state index in [1.54, 1.807) is 11.8 Å². The van der Waals surface area contributed by atoms with Gasteiger partial charge in [0, 0.05) is 17.9 Å². The van der Waals surface area contributed by atoms with Crippen LogP contribution in [0.25, 0.3) is 0 Å². The van der Waals surface area contributed by atoms with Crippen molar-refractivity contribution in [3.63, 3.8) is 0 Å². The Balaban J connectivity index is 1.39. The lowest BCUT2D eigenvalue weighted by Crippen LogP contribution is -2.18.